The van der Waals surface area contributed by atoms with Crippen LogP contribution in [0.3, 0.4) is 0 Å². The molecule has 1 aliphatic heterocycles. The summed E-state index contributed by atoms with van der Waals surface area (Å²) in [5.41, 5.74) is 3.25. The Balaban J connectivity index is 2.62. The molecule has 0 saturated heterocycles. The van der Waals surface area contributed by atoms with Gasteiger partial charge < -0.3 is 0 Å². The third-order valence-electron chi connectivity index (χ3n) is 1.93. The zero-order chi connectivity index (χ0) is 8.55. The number of hydrogen-bond acceptors (Lipinski definition) is 2. The van der Waals surface area contributed by atoms with Crippen molar-refractivity contribution in [1.29, 1.82) is 0 Å². The van der Waals surface area contributed by atoms with E-state index in [0.29, 0.717) is 0 Å². The molecule has 60 valence electrons. The average molecular weight is 175 g/mol. The van der Waals surface area contributed by atoms with Crippen molar-refractivity contribution in [3.63, 3.8) is 0 Å². The third-order valence-corrected chi connectivity index (χ3v) is 2.30. The summed E-state index contributed by atoms with van der Waals surface area (Å²) in [5.74, 6) is 0. The van der Waals surface area contributed by atoms with Crippen LogP contribution in [-0.4, -0.2) is 10.6 Å². The Kier molecular flexibility index (Phi) is 1.77. The molecule has 1 aromatic rings. The Bertz CT molecular complexity index is 366. The first-order valence-corrected chi connectivity index (χ1v) is 4.34. The van der Waals surface area contributed by atoms with E-state index in [-0.39, 0.29) is 0 Å². The van der Waals surface area contributed by atoms with Gasteiger partial charge in [-0.15, -0.1) is 0 Å². The number of hydrogen-bond donors (Lipinski definition) is 0. The van der Waals surface area contributed by atoms with Crippen LogP contribution in [0.2, 0.25) is 0 Å². The maximum atomic E-state index is 5.26. The Morgan fingerprint density at radius 1 is 1.33 bits per heavy atom. The SMILES string of the molecule is CC1=Nc2ccccc2C(=S)C1. The zero-order valence-corrected chi connectivity index (χ0v) is 7.69. The molecule has 0 aromatic heterocycles. The molecule has 0 fully saturated rings. The maximum absolute atomic E-state index is 5.26. The van der Waals surface area contributed by atoms with Gasteiger partial charge in [0.05, 0.1) is 5.69 Å². The summed E-state index contributed by atoms with van der Waals surface area (Å²) in [4.78, 5) is 5.44. The molecule has 0 unspecified atom stereocenters. The lowest BCUT2D eigenvalue weighted by Gasteiger charge is -2.13. The third kappa shape index (κ3) is 1.18. The highest BCUT2D eigenvalue weighted by Crippen LogP contribution is 2.25. The van der Waals surface area contributed by atoms with Gasteiger partial charge in [-0.2, -0.15) is 0 Å². The van der Waals surface area contributed by atoms with E-state index in [1.54, 1.807) is 0 Å². The van der Waals surface area contributed by atoms with Crippen molar-refractivity contribution in [2.24, 2.45) is 4.99 Å². The second-order valence-electron chi connectivity index (χ2n) is 2.96. The largest absolute Gasteiger partial charge is 0.257 e. The van der Waals surface area contributed by atoms with Crippen molar-refractivity contribution in [3.8, 4) is 0 Å². The van der Waals surface area contributed by atoms with Gasteiger partial charge in [-0.3, -0.25) is 4.99 Å². The lowest BCUT2D eigenvalue weighted by molar-refractivity contribution is 1.37. The fraction of sp³-hybridized carbons (Fsp3) is 0.200. The van der Waals surface area contributed by atoms with Crippen LogP contribution in [0, 0.1) is 0 Å². The summed E-state index contributed by atoms with van der Waals surface area (Å²) >= 11 is 5.26. The van der Waals surface area contributed by atoms with Gasteiger partial charge in [-0.1, -0.05) is 30.4 Å². The van der Waals surface area contributed by atoms with Gasteiger partial charge in [-0.05, 0) is 13.0 Å². The molecule has 1 aromatic carbocycles. The highest BCUT2D eigenvalue weighted by atomic mass is 32.1. The summed E-state index contributed by atoms with van der Waals surface area (Å²) in [6.07, 6.45) is 0.840. The number of thiocarbonyl (C=S) groups is 1. The first-order valence-electron chi connectivity index (χ1n) is 3.94. The quantitative estimate of drug-likeness (QED) is 0.552. The molecule has 1 heterocycles. The number of para-hydroxylation sites is 1. The minimum absolute atomic E-state index is 0.840. The maximum Gasteiger partial charge on any atom is 0.0712 e. The smallest absolute Gasteiger partial charge is 0.0712 e. The van der Waals surface area contributed by atoms with Crippen molar-refractivity contribution >= 4 is 28.5 Å². The molecule has 1 nitrogen and oxygen atoms in total. The first-order chi connectivity index (χ1) is 5.77. The molecule has 2 heteroatoms. The molecule has 0 spiro atoms. The molecule has 0 bridgehead atoms. The molecule has 12 heavy (non-hydrogen) atoms. The number of aliphatic imine (C=N–C) groups is 1. The highest BCUT2D eigenvalue weighted by molar-refractivity contribution is 7.81. The lowest BCUT2D eigenvalue weighted by atomic mass is 10.0. The van der Waals surface area contributed by atoms with Crippen LogP contribution < -0.4 is 0 Å². The van der Waals surface area contributed by atoms with Gasteiger partial charge in [-0.25, -0.2) is 0 Å². The minimum Gasteiger partial charge on any atom is -0.257 e. The Hall–Kier alpha value is -1.02. The van der Waals surface area contributed by atoms with E-state index < -0.39 is 0 Å². The van der Waals surface area contributed by atoms with Crippen molar-refractivity contribution in [3.05, 3.63) is 29.8 Å². The fourth-order valence-electron chi connectivity index (χ4n) is 1.38. The van der Waals surface area contributed by atoms with Gasteiger partial charge in [0.25, 0.3) is 0 Å². The van der Waals surface area contributed by atoms with Crippen LogP contribution in [0.5, 0.6) is 0 Å². The van der Waals surface area contributed by atoms with E-state index in [1.165, 1.54) is 0 Å². The van der Waals surface area contributed by atoms with Crippen molar-refractivity contribution < 1.29 is 0 Å². The second kappa shape index (κ2) is 2.79. The van der Waals surface area contributed by atoms with Gasteiger partial charge in [0.1, 0.15) is 0 Å². The average Bonchev–Trinajstić information content (AvgIpc) is 2.04. The number of benzene rings is 1. The molecule has 0 amide bonds. The summed E-state index contributed by atoms with van der Waals surface area (Å²) in [6, 6.07) is 8.03. The van der Waals surface area contributed by atoms with Crippen LogP contribution in [0.4, 0.5) is 5.69 Å². The van der Waals surface area contributed by atoms with Crippen LogP contribution in [0.1, 0.15) is 18.9 Å². The monoisotopic (exact) mass is 175 g/mol. The molecule has 0 radical (unpaired) electrons. The summed E-state index contributed by atoms with van der Waals surface area (Å²) in [7, 11) is 0. The highest BCUT2D eigenvalue weighted by Gasteiger charge is 2.12. The Morgan fingerprint density at radius 3 is 2.92 bits per heavy atom. The van der Waals surface area contributed by atoms with Crippen LogP contribution in [-0.2, 0) is 0 Å². The number of rotatable bonds is 0. The predicted octanol–water partition coefficient (Wildman–Crippen LogP) is 2.90. The van der Waals surface area contributed by atoms with E-state index >= 15 is 0 Å². The van der Waals surface area contributed by atoms with Gasteiger partial charge in [0, 0.05) is 22.6 Å². The number of fused-ring (bicyclic) bond motifs is 1. The van der Waals surface area contributed by atoms with E-state index in [0.717, 1.165) is 28.2 Å². The summed E-state index contributed by atoms with van der Waals surface area (Å²) in [6.45, 7) is 2.02. The summed E-state index contributed by atoms with van der Waals surface area (Å²) in [5, 5.41) is 0. The van der Waals surface area contributed by atoms with E-state index in [1.807, 2.05) is 31.2 Å². The summed E-state index contributed by atoms with van der Waals surface area (Å²) < 4.78 is 0. The Morgan fingerprint density at radius 2 is 2.08 bits per heavy atom. The fourth-order valence-corrected chi connectivity index (χ4v) is 1.76. The van der Waals surface area contributed by atoms with Crippen LogP contribution >= 0.6 is 12.2 Å². The number of nitrogens with zero attached hydrogens (tertiary/aromatic N) is 1. The molecule has 0 aliphatic carbocycles. The van der Waals surface area contributed by atoms with Crippen molar-refractivity contribution in [2.45, 2.75) is 13.3 Å². The van der Waals surface area contributed by atoms with Crippen LogP contribution in [0.25, 0.3) is 0 Å². The van der Waals surface area contributed by atoms with E-state index in [2.05, 4.69) is 4.99 Å². The zero-order valence-electron chi connectivity index (χ0n) is 6.87. The van der Waals surface area contributed by atoms with E-state index in [9.17, 15) is 0 Å². The van der Waals surface area contributed by atoms with Gasteiger partial charge in [0.15, 0.2) is 0 Å². The standard InChI is InChI=1S/C10H9NS/c1-7-6-10(12)8-4-2-3-5-9(8)11-7/h2-5H,6H2,1H3. The topological polar surface area (TPSA) is 12.4 Å². The predicted molar refractivity (Wildman–Crippen MR) is 55.5 cm³/mol. The normalized spacial score (nSPS) is 15.4. The second-order valence-corrected chi connectivity index (χ2v) is 3.46. The molecular formula is C10H9NS. The molecule has 1 aliphatic rings. The Labute approximate surface area is 77.1 Å². The molecule has 2 rings (SSSR count). The lowest BCUT2D eigenvalue weighted by Crippen LogP contribution is -2.08. The van der Waals surface area contributed by atoms with Gasteiger partial charge >= 0.3 is 0 Å². The first kappa shape index (κ1) is 7.62. The minimum atomic E-state index is 0.840. The van der Waals surface area contributed by atoms with Crippen molar-refractivity contribution in [1.82, 2.24) is 0 Å². The van der Waals surface area contributed by atoms with E-state index in [4.69, 9.17) is 12.2 Å². The van der Waals surface area contributed by atoms with Crippen molar-refractivity contribution in [2.75, 3.05) is 0 Å². The molecule has 0 N–H and O–H groups in total. The van der Waals surface area contributed by atoms with Crippen LogP contribution in [0.15, 0.2) is 29.3 Å². The van der Waals surface area contributed by atoms with Gasteiger partial charge in [0.2, 0.25) is 0 Å². The molecular weight excluding hydrogens is 166 g/mol. The molecule has 0 atom stereocenters. The molecule has 0 saturated carbocycles.